The van der Waals surface area contributed by atoms with E-state index in [2.05, 4.69) is 11.2 Å². The second-order valence-electron chi connectivity index (χ2n) is 3.68. The van der Waals surface area contributed by atoms with Crippen LogP contribution in [-0.4, -0.2) is 34.1 Å². The summed E-state index contributed by atoms with van der Waals surface area (Å²) in [6.07, 6.45) is 4.47. The molecule has 19 heavy (non-hydrogen) atoms. The Balaban J connectivity index is 2.78. The molecule has 6 nitrogen and oxygen atoms in total. The van der Waals surface area contributed by atoms with Crippen molar-refractivity contribution in [2.75, 3.05) is 0 Å². The van der Waals surface area contributed by atoms with E-state index in [1.54, 1.807) is 0 Å². The molecular formula is C13H11NO5. The number of rotatable bonds is 5. The number of carbonyl (C=O) groups is 3. The number of carbonyl (C=O) groups excluding carboxylic acids is 1. The predicted octanol–water partition coefficient (Wildman–Crippen LogP) is 0.326. The summed E-state index contributed by atoms with van der Waals surface area (Å²) >= 11 is 0. The number of carboxylic acid groups (broad SMARTS) is 2. The van der Waals surface area contributed by atoms with E-state index in [0.717, 1.165) is 0 Å². The molecule has 0 saturated heterocycles. The van der Waals surface area contributed by atoms with Gasteiger partial charge in [-0.3, -0.25) is 9.59 Å². The summed E-state index contributed by atoms with van der Waals surface area (Å²) in [6, 6.07) is 4.45. The van der Waals surface area contributed by atoms with Crippen molar-refractivity contribution in [3.05, 3.63) is 35.4 Å². The van der Waals surface area contributed by atoms with E-state index in [-0.39, 0.29) is 5.56 Å². The molecular weight excluding hydrogens is 250 g/mol. The topological polar surface area (TPSA) is 104 Å². The lowest BCUT2D eigenvalue weighted by molar-refractivity contribution is -0.145. The van der Waals surface area contributed by atoms with Crippen molar-refractivity contribution >= 4 is 17.8 Å². The first kappa shape index (κ1) is 14.3. The van der Waals surface area contributed by atoms with Gasteiger partial charge in [-0.2, -0.15) is 0 Å². The number of carboxylic acids is 2. The predicted molar refractivity (Wildman–Crippen MR) is 65.5 cm³/mol. The minimum Gasteiger partial charge on any atom is -0.481 e. The highest BCUT2D eigenvalue weighted by Crippen LogP contribution is 2.04. The van der Waals surface area contributed by atoms with Crippen molar-refractivity contribution in [1.29, 1.82) is 0 Å². The van der Waals surface area contributed by atoms with Gasteiger partial charge in [0.05, 0.1) is 6.42 Å². The first-order valence-electron chi connectivity index (χ1n) is 5.26. The summed E-state index contributed by atoms with van der Waals surface area (Å²) in [5, 5.41) is 19.5. The Morgan fingerprint density at radius 1 is 1.21 bits per heavy atom. The summed E-state index contributed by atoms with van der Waals surface area (Å²) in [6.45, 7) is 0. The van der Waals surface area contributed by atoms with Crippen molar-refractivity contribution in [2.45, 2.75) is 12.5 Å². The Morgan fingerprint density at radius 3 is 2.21 bits per heavy atom. The summed E-state index contributed by atoms with van der Waals surface area (Å²) < 4.78 is 0. The molecule has 0 aromatic heterocycles. The Kier molecular flexibility index (Phi) is 4.66. The molecule has 1 amide bonds. The largest absolute Gasteiger partial charge is 0.481 e. The van der Waals surface area contributed by atoms with Gasteiger partial charge in [0.15, 0.2) is 0 Å². The first-order valence-corrected chi connectivity index (χ1v) is 5.26. The molecule has 6 heteroatoms. The first-order chi connectivity index (χ1) is 8.93. The Hall–Kier alpha value is -2.81. The lowest BCUT2D eigenvalue weighted by Gasteiger charge is -2.12. The van der Waals surface area contributed by atoms with Crippen LogP contribution in [0.4, 0.5) is 0 Å². The molecule has 0 saturated carbocycles. The normalized spacial score (nSPS) is 11.1. The Morgan fingerprint density at radius 2 is 1.79 bits per heavy atom. The van der Waals surface area contributed by atoms with Crippen LogP contribution in [0.15, 0.2) is 24.3 Å². The van der Waals surface area contributed by atoms with Gasteiger partial charge in [-0.15, -0.1) is 6.42 Å². The van der Waals surface area contributed by atoms with Crippen molar-refractivity contribution in [2.24, 2.45) is 0 Å². The molecule has 1 aromatic rings. The molecule has 0 bridgehead atoms. The lowest BCUT2D eigenvalue weighted by atomic mass is 10.1. The fourth-order valence-corrected chi connectivity index (χ4v) is 1.33. The number of benzene rings is 1. The maximum atomic E-state index is 11.7. The Labute approximate surface area is 109 Å². The van der Waals surface area contributed by atoms with E-state index >= 15 is 0 Å². The molecule has 0 aliphatic heterocycles. The smallest absolute Gasteiger partial charge is 0.326 e. The third kappa shape index (κ3) is 4.16. The number of amides is 1. The van der Waals surface area contributed by atoms with Gasteiger partial charge in [0.25, 0.3) is 5.91 Å². The standard InChI is InChI=1S/C13H11NO5/c1-2-8-3-5-9(6-4-8)12(17)14-10(13(18)19)7-11(15)16/h1,3-6,10H,7H2,(H,14,17)(H,15,16)(H,18,19). The van der Waals surface area contributed by atoms with Crippen LogP contribution in [0.5, 0.6) is 0 Å². The van der Waals surface area contributed by atoms with Crippen LogP contribution in [0.1, 0.15) is 22.3 Å². The quantitative estimate of drug-likeness (QED) is 0.662. The van der Waals surface area contributed by atoms with Gasteiger partial charge in [0, 0.05) is 11.1 Å². The molecule has 0 fully saturated rings. The third-order valence-corrected chi connectivity index (χ3v) is 2.30. The molecule has 0 spiro atoms. The molecule has 1 atom stereocenters. The summed E-state index contributed by atoms with van der Waals surface area (Å²) in [4.78, 5) is 33.0. The van der Waals surface area contributed by atoms with Crippen LogP contribution in [0, 0.1) is 12.3 Å². The number of hydrogen-bond donors (Lipinski definition) is 3. The highest BCUT2D eigenvalue weighted by atomic mass is 16.4. The molecule has 98 valence electrons. The molecule has 0 aliphatic rings. The van der Waals surface area contributed by atoms with Crippen LogP contribution in [0.25, 0.3) is 0 Å². The number of terminal acetylenes is 1. The van der Waals surface area contributed by atoms with Crippen LogP contribution in [-0.2, 0) is 9.59 Å². The van der Waals surface area contributed by atoms with Crippen molar-refractivity contribution in [3.63, 3.8) is 0 Å². The lowest BCUT2D eigenvalue weighted by Crippen LogP contribution is -2.42. The number of hydrogen-bond acceptors (Lipinski definition) is 3. The zero-order valence-corrected chi connectivity index (χ0v) is 9.79. The summed E-state index contributed by atoms with van der Waals surface area (Å²) in [7, 11) is 0. The van der Waals surface area contributed by atoms with E-state index in [4.69, 9.17) is 16.6 Å². The fourth-order valence-electron chi connectivity index (χ4n) is 1.33. The van der Waals surface area contributed by atoms with E-state index in [1.165, 1.54) is 24.3 Å². The summed E-state index contributed by atoms with van der Waals surface area (Å²) in [5.41, 5.74) is 0.785. The van der Waals surface area contributed by atoms with Crippen molar-refractivity contribution in [3.8, 4) is 12.3 Å². The molecule has 1 rings (SSSR count). The van der Waals surface area contributed by atoms with Gasteiger partial charge >= 0.3 is 11.9 Å². The van der Waals surface area contributed by atoms with Crippen molar-refractivity contribution < 1.29 is 24.6 Å². The fraction of sp³-hybridized carbons (Fsp3) is 0.154. The molecule has 0 radical (unpaired) electrons. The monoisotopic (exact) mass is 261 g/mol. The van der Waals surface area contributed by atoms with Gasteiger partial charge in [0.2, 0.25) is 0 Å². The minimum atomic E-state index is -1.47. The maximum absolute atomic E-state index is 11.7. The minimum absolute atomic E-state index is 0.204. The van der Waals surface area contributed by atoms with Crippen LogP contribution >= 0.6 is 0 Å². The number of aliphatic carboxylic acids is 2. The van der Waals surface area contributed by atoms with Crippen molar-refractivity contribution in [1.82, 2.24) is 5.32 Å². The van der Waals surface area contributed by atoms with Crippen LogP contribution in [0.3, 0.4) is 0 Å². The second kappa shape index (κ2) is 6.21. The van der Waals surface area contributed by atoms with E-state index in [1.807, 2.05) is 0 Å². The van der Waals surface area contributed by atoms with Gasteiger partial charge in [-0.05, 0) is 24.3 Å². The number of nitrogens with one attached hydrogen (secondary N) is 1. The molecule has 0 heterocycles. The zero-order chi connectivity index (χ0) is 14.4. The SMILES string of the molecule is C#Cc1ccc(C(=O)NC(CC(=O)O)C(=O)O)cc1. The van der Waals surface area contributed by atoms with E-state index in [0.29, 0.717) is 5.56 Å². The molecule has 0 aliphatic carbocycles. The average molecular weight is 261 g/mol. The third-order valence-electron chi connectivity index (χ3n) is 2.30. The van der Waals surface area contributed by atoms with E-state index < -0.39 is 30.3 Å². The highest BCUT2D eigenvalue weighted by molar-refractivity contribution is 5.97. The van der Waals surface area contributed by atoms with Gasteiger partial charge in [0.1, 0.15) is 6.04 Å². The molecule has 1 unspecified atom stereocenters. The molecule has 3 N–H and O–H groups in total. The zero-order valence-electron chi connectivity index (χ0n) is 9.79. The van der Waals surface area contributed by atoms with Crippen LogP contribution < -0.4 is 5.32 Å². The summed E-state index contributed by atoms with van der Waals surface area (Å²) in [5.74, 6) is -1.01. The van der Waals surface area contributed by atoms with Crippen LogP contribution in [0.2, 0.25) is 0 Å². The maximum Gasteiger partial charge on any atom is 0.326 e. The van der Waals surface area contributed by atoms with Gasteiger partial charge in [-0.1, -0.05) is 5.92 Å². The Bertz CT molecular complexity index is 541. The van der Waals surface area contributed by atoms with Gasteiger partial charge < -0.3 is 15.5 Å². The van der Waals surface area contributed by atoms with Gasteiger partial charge in [-0.25, -0.2) is 4.79 Å². The molecule has 1 aromatic carbocycles. The average Bonchev–Trinajstić information content (AvgIpc) is 2.37. The highest BCUT2D eigenvalue weighted by Gasteiger charge is 2.23. The second-order valence-corrected chi connectivity index (χ2v) is 3.68. The van der Waals surface area contributed by atoms with E-state index in [9.17, 15) is 14.4 Å².